The number of nitrogens with two attached hydrogens (primary N) is 1. The fourth-order valence-electron chi connectivity index (χ4n) is 1.69. The maximum atomic E-state index is 5.42. The molecule has 2 aromatic heterocycles. The lowest BCUT2D eigenvalue weighted by Gasteiger charge is -2.12. The summed E-state index contributed by atoms with van der Waals surface area (Å²) in [6.45, 7) is 4.40. The van der Waals surface area contributed by atoms with Crippen molar-refractivity contribution in [3.63, 3.8) is 0 Å². The van der Waals surface area contributed by atoms with Crippen LogP contribution >= 0.6 is 0 Å². The Morgan fingerprint density at radius 1 is 1.28 bits per heavy atom. The zero-order valence-corrected chi connectivity index (χ0v) is 10.7. The monoisotopic (exact) mass is 247 g/mol. The molecule has 18 heavy (non-hydrogen) atoms. The summed E-state index contributed by atoms with van der Waals surface area (Å²) in [5.41, 5.74) is 4.54. The van der Waals surface area contributed by atoms with Crippen LogP contribution in [0.2, 0.25) is 0 Å². The molecule has 0 aromatic carbocycles. The second kappa shape index (κ2) is 5.01. The zero-order chi connectivity index (χ0) is 13.1. The molecule has 0 bridgehead atoms. The average Bonchev–Trinajstić information content (AvgIpc) is 2.75. The minimum Gasteiger partial charge on any atom is -0.364 e. The van der Waals surface area contributed by atoms with Gasteiger partial charge in [0.25, 0.3) is 0 Å². The molecule has 2 rings (SSSR count). The van der Waals surface area contributed by atoms with Crippen molar-refractivity contribution in [3.05, 3.63) is 29.3 Å². The van der Waals surface area contributed by atoms with Crippen molar-refractivity contribution in [1.29, 1.82) is 0 Å². The van der Waals surface area contributed by atoms with Crippen molar-refractivity contribution in [2.45, 2.75) is 20.4 Å². The first-order valence-corrected chi connectivity index (χ1v) is 5.64. The van der Waals surface area contributed by atoms with E-state index in [0.29, 0.717) is 18.2 Å². The second-order valence-electron chi connectivity index (χ2n) is 4.04. The van der Waals surface area contributed by atoms with E-state index in [4.69, 9.17) is 5.84 Å². The van der Waals surface area contributed by atoms with Gasteiger partial charge in [0.15, 0.2) is 0 Å². The van der Waals surface area contributed by atoms with E-state index < -0.39 is 0 Å². The van der Waals surface area contributed by atoms with Gasteiger partial charge in [0.05, 0.1) is 12.2 Å². The van der Waals surface area contributed by atoms with Gasteiger partial charge >= 0.3 is 0 Å². The van der Waals surface area contributed by atoms with Gasteiger partial charge < -0.3 is 10.7 Å². The Morgan fingerprint density at radius 2 is 2.00 bits per heavy atom. The van der Waals surface area contributed by atoms with Gasteiger partial charge in [0.2, 0.25) is 0 Å². The van der Waals surface area contributed by atoms with Gasteiger partial charge in [0, 0.05) is 18.8 Å². The van der Waals surface area contributed by atoms with Crippen LogP contribution in [-0.4, -0.2) is 19.7 Å². The smallest absolute Gasteiger partial charge is 0.148 e. The molecule has 0 aliphatic heterocycles. The predicted octanol–water partition coefficient (Wildman–Crippen LogP) is 0.725. The van der Waals surface area contributed by atoms with E-state index in [2.05, 4.69) is 25.8 Å². The van der Waals surface area contributed by atoms with Gasteiger partial charge in [0.1, 0.15) is 17.5 Å². The normalized spacial score (nSPS) is 10.4. The first-order valence-electron chi connectivity index (χ1n) is 5.64. The van der Waals surface area contributed by atoms with Crippen molar-refractivity contribution in [2.75, 3.05) is 10.7 Å². The Bertz CT molecular complexity index is 546. The van der Waals surface area contributed by atoms with Crippen LogP contribution in [-0.2, 0) is 13.6 Å². The number of anilines is 2. The highest BCUT2D eigenvalue weighted by Crippen LogP contribution is 2.19. The summed E-state index contributed by atoms with van der Waals surface area (Å²) in [5, 5.41) is 7.38. The van der Waals surface area contributed by atoms with Crippen molar-refractivity contribution in [2.24, 2.45) is 12.9 Å². The molecule has 0 saturated carbocycles. The van der Waals surface area contributed by atoms with Crippen molar-refractivity contribution in [3.8, 4) is 0 Å². The van der Waals surface area contributed by atoms with Crippen molar-refractivity contribution < 1.29 is 0 Å². The Balaban J connectivity index is 2.19. The number of rotatable bonds is 4. The van der Waals surface area contributed by atoms with Gasteiger partial charge in [-0.05, 0) is 19.9 Å². The fraction of sp³-hybridized carbons (Fsp3) is 0.364. The van der Waals surface area contributed by atoms with Gasteiger partial charge in [-0.25, -0.2) is 15.8 Å². The summed E-state index contributed by atoms with van der Waals surface area (Å²) in [6.07, 6.45) is 1.77. The molecule has 7 heteroatoms. The van der Waals surface area contributed by atoms with Gasteiger partial charge in [-0.1, -0.05) is 0 Å². The minimum atomic E-state index is 0.634. The van der Waals surface area contributed by atoms with Gasteiger partial charge in [-0.15, -0.1) is 0 Å². The Hall–Kier alpha value is -2.15. The molecule has 0 spiro atoms. The second-order valence-corrected chi connectivity index (χ2v) is 4.04. The molecule has 0 amide bonds. The standard InChI is InChI=1S/C11H17N7/c1-7-10(15-8(2)16-11(7)17-12)13-6-9-4-5-14-18(9)3/h4-5H,6,12H2,1-3H3,(H2,13,15,16,17). The molecule has 0 atom stereocenters. The third-order valence-corrected chi connectivity index (χ3v) is 2.75. The summed E-state index contributed by atoms with van der Waals surface area (Å²) in [4.78, 5) is 8.57. The van der Waals surface area contributed by atoms with E-state index in [9.17, 15) is 0 Å². The average molecular weight is 247 g/mol. The Kier molecular flexibility index (Phi) is 3.42. The molecular formula is C11H17N7. The lowest BCUT2D eigenvalue weighted by Crippen LogP contribution is -2.14. The van der Waals surface area contributed by atoms with Gasteiger partial charge in [-0.3, -0.25) is 4.68 Å². The third-order valence-electron chi connectivity index (χ3n) is 2.75. The number of nitrogen functional groups attached to an aromatic ring is 1. The van der Waals surface area contributed by atoms with E-state index in [1.54, 1.807) is 6.20 Å². The minimum absolute atomic E-state index is 0.634. The first-order chi connectivity index (χ1) is 8.61. The Labute approximate surface area is 105 Å². The van der Waals surface area contributed by atoms with Gasteiger partial charge in [-0.2, -0.15) is 5.10 Å². The molecule has 0 unspecified atom stereocenters. The molecule has 7 nitrogen and oxygen atoms in total. The van der Waals surface area contributed by atoms with Crippen molar-refractivity contribution >= 4 is 11.6 Å². The van der Waals surface area contributed by atoms with E-state index >= 15 is 0 Å². The highest BCUT2D eigenvalue weighted by Gasteiger charge is 2.08. The van der Waals surface area contributed by atoms with Crippen LogP contribution in [0.5, 0.6) is 0 Å². The number of nitrogens with one attached hydrogen (secondary N) is 2. The first kappa shape index (κ1) is 12.3. The quantitative estimate of drug-likeness (QED) is 0.544. The summed E-state index contributed by atoms with van der Waals surface area (Å²) in [5.74, 6) is 7.50. The largest absolute Gasteiger partial charge is 0.364 e. The maximum absolute atomic E-state index is 5.42. The van der Waals surface area contributed by atoms with Crippen LogP contribution < -0.4 is 16.6 Å². The molecule has 0 aliphatic rings. The van der Waals surface area contributed by atoms with Crippen LogP contribution in [0.1, 0.15) is 17.1 Å². The predicted molar refractivity (Wildman–Crippen MR) is 69.9 cm³/mol. The van der Waals surface area contributed by atoms with Crippen molar-refractivity contribution in [1.82, 2.24) is 19.7 Å². The molecule has 2 heterocycles. The molecule has 0 radical (unpaired) electrons. The van der Waals surface area contributed by atoms with Crippen LogP contribution in [0.3, 0.4) is 0 Å². The number of hydrazine groups is 1. The number of hydrogen-bond donors (Lipinski definition) is 3. The van der Waals surface area contributed by atoms with E-state index in [1.807, 2.05) is 31.6 Å². The fourth-order valence-corrected chi connectivity index (χ4v) is 1.69. The number of aromatic nitrogens is 4. The maximum Gasteiger partial charge on any atom is 0.148 e. The topological polar surface area (TPSA) is 93.7 Å². The molecule has 2 aromatic rings. The SMILES string of the molecule is Cc1nc(NN)c(C)c(NCc2ccnn2C)n1. The summed E-state index contributed by atoms with van der Waals surface area (Å²) >= 11 is 0. The molecule has 0 aliphatic carbocycles. The van der Waals surface area contributed by atoms with E-state index in [-0.39, 0.29) is 0 Å². The third kappa shape index (κ3) is 2.40. The number of nitrogens with zero attached hydrogens (tertiary/aromatic N) is 4. The number of aryl methyl sites for hydroxylation is 2. The molecule has 0 saturated heterocycles. The van der Waals surface area contributed by atoms with Crippen LogP contribution in [0.25, 0.3) is 0 Å². The molecule has 0 fully saturated rings. The van der Waals surface area contributed by atoms with E-state index in [1.165, 1.54) is 0 Å². The summed E-state index contributed by atoms with van der Waals surface area (Å²) in [6, 6.07) is 1.96. The molecular weight excluding hydrogens is 230 g/mol. The van der Waals surface area contributed by atoms with Crippen LogP contribution in [0.4, 0.5) is 11.6 Å². The number of hydrogen-bond acceptors (Lipinski definition) is 6. The summed E-state index contributed by atoms with van der Waals surface area (Å²) in [7, 11) is 1.90. The Morgan fingerprint density at radius 3 is 2.61 bits per heavy atom. The molecule has 96 valence electrons. The lowest BCUT2D eigenvalue weighted by molar-refractivity contribution is 0.719. The molecule has 4 N–H and O–H groups in total. The van der Waals surface area contributed by atoms with Crippen LogP contribution in [0.15, 0.2) is 12.3 Å². The zero-order valence-electron chi connectivity index (χ0n) is 10.7. The summed E-state index contributed by atoms with van der Waals surface area (Å²) < 4.78 is 1.82. The van der Waals surface area contributed by atoms with Crippen LogP contribution in [0, 0.1) is 13.8 Å². The van der Waals surface area contributed by atoms with E-state index in [0.717, 1.165) is 17.1 Å². The highest BCUT2D eigenvalue weighted by molar-refractivity contribution is 5.56. The highest BCUT2D eigenvalue weighted by atomic mass is 15.3. The lowest BCUT2D eigenvalue weighted by atomic mass is 10.3.